The second-order valence-electron chi connectivity index (χ2n) is 3.75. The lowest BCUT2D eigenvalue weighted by Gasteiger charge is -2.09. The minimum Gasteiger partial charge on any atom is -0.381 e. The summed E-state index contributed by atoms with van der Waals surface area (Å²) in [7, 11) is 0. The molecular formula is C13H9Cl3FN. The summed E-state index contributed by atoms with van der Waals surface area (Å²) >= 11 is 17.7. The molecule has 0 saturated carbocycles. The predicted molar refractivity (Wildman–Crippen MR) is 75.2 cm³/mol. The molecule has 0 aliphatic carbocycles. The van der Waals surface area contributed by atoms with E-state index in [1.807, 2.05) is 0 Å². The van der Waals surface area contributed by atoms with Gasteiger partial charge in [-0.05, 0) is 35.9 Å². The van der Waals surface area contributed by atoms with Gasteiger partial charge in [-0.2, -0.15) is 0 Å². The average molecular weight is 305 g/mol. The summed E-state index contributed by atoms with van der Waals surface area (Å²) in [4.78, 5) is 0. The van der Waals surface area contributed by atoms with E-state index in [4.69, 9.17) is 34.8 Å². The molecule has 0 spiro atoms. The fourth-order valence-electron chi connectivity index (χ4n) is 1.52. The second-order valence-corrected chi connectivity index (χ2v) is 5.03. The van der Waals surface area contributed by atoms with Crippen LogP contribution in [0.2, 0.25) is 15.1 Å². The molecule has 18 heavy (non-hydrogen) atoms. The quantitative estimate of drug-likeness (QED) is 0.800. The summed E-state index contributed by atoms with van der Waals surface area (Å²) in [5, 5.41) is 4.61. The van der Waals surface area contributed by atoms with Crippen LogP contribution in [0.15, 0.2) is 36.4 Å². The largest absolute Gasteiger partial charge is 0.381 e. The van der Waals surface area contributed by atoms with Crippen molar-refractivity contribution in [3.63, 3.8) is 0 Å². The van der Waals surface area contributed by atoms with Crippen LogP contribution in [0.3, 0.4) is 0 Å². The van der Waals surface area contributed by atoms with E-state index >= 15 is 0 Å². The summed E-state index contributed by atoms with van der Waals surface area (Å²) in [6.07, 6.45) is 0. The van der Waals surface area contributed by atoms with Gasteiger partial charge in [-0.25, -0.2) is 4.39 Å². The maximum atomic E-state index is 12.9. The summed E-state index contributed by atoms with van der Waals surface area (Å²) in [6.45, 7) is 0.468. The van der Waals surface area contributed by atoms with Crippen molar-refractivity contribution in [1.29, 1.82) is 0 Å². The topological polar surface area (TPSA) is 12.0 Å². The third kappa shape index (κ3) is 3.52. The zero-order valence-corrected chi connectivity index (χ0v) is 11.5. The third-order valence-electron chi connectivity index (χ3n) is 2.36. The maximum Gasteiger partial charge on any atom is 0.124 e. The van der Waals surface area contributed by atoms with Crippen LogP contribution < -0.4 is 5.32 Å². The number of benzene rings is 2. The van der Waals surface area contributed by atoms with E-state index in [0.29, 0.717) is 21.6 Å². The van der Waals surface area contributed by atoms with Crippen molar-refractivity contribution in [2.24, 2.45) is 0 Å². The summed E-state index contributed by atoms with van der Waals surface area (Å²) in [6, 6.07) is 9.45. The van der Waals surface area contributed by atoms with Crippen molar-refractivity contribution in [3.05, 3.63) is 62.8 Å². The number of anilines is 1. The molecule has 0 amide bonds. The van der Waals surface area contributed by atoms with Crippen LogP contribution in [0.1, 0.15) is 5.56 Å². The van der Waals surface area contributed by atoms with E-state index in [9.17, 15) is 4.39 Å². The highest BCUT2D eigenvalue weighted by atomic mass is 35.5. The average Bonchev–Trinajstić information content (AvgIpc) is 2.26. The zero-order valence-electron chi connectivity index (χ0n) is 9.18. The lowest BCUT2D eigenvalue weighted by molar-refractivity contribution is 0.627. The Morgan fingerprint density at radius 1 is 0.944 bits per heavy atom. The molecule has 5 heteroatoms. The van der Waals surface area contributed by atoms with Gasteiger partial charge in [0.1, 0.15) is 5.82 Å². The van der Waals surface area contributed by atoms with Crippen LogP contribution in [0.25, 0.3) is 0 Å². The van der Waals surface area contributed by atoms with Crippen LogP contribution in [-0.4, -0.2) is 0 Å². The summed E-state index contributed by atoms with van der Waals surface area (Å²) in [5.41, 5.74) is 1.59. The van der Waals surface area contributed by atoms with E-state index in [1.165, 1.54) is 12.1 Å². The SMILES string of the molecule is Fc1ccc(CNc2cc(Cl)cc(Cl)c2)c(Cl)c1. The number of halogens is 4. The Balaban J connectivity index is 2.11. The molecule has 0 heterocycles. The molecule has 0 unspecified atom stereocenters. The highest BCUT2D eigenvalue weighted by Gasteiger charge is 2.03. The Morgan fingerprint density at radius 2 is 1.61 bits per heavy atom. The molecule has 0 aliphatic heterocycles. The lowest BCUT2D eigenvalue weighted by atomic mass is 10.2. The molecular weight excluding hydrogens is 296 g/mol. The van der Waals surface area contributed by atoms with E-state index < -0.39 is 0 Å². The first-order valence-corrected chi connectivity index (χ1v) is 6.32. The normalized spacial score (nSPS) is 10.4. The molecule has 0 radical (unpaired) electrons. The van der Waals surface area contributed by atoms with Gasteiger partial charge in [-0.1, -0.05) is 40.9 Å². The van der Waals surface area contributed by atoms with Crippen molar-refractivity contribution in [1.82, 2.24) is 0 Å². The van der Waals surface area contributed by atoms with Crippen molar-refractivity contribution < 1.29 is 4.39 Å². The van der Waals surface area contributed by atoms with Crippen molar-refractivity contribution in [2.75, 3.05) is 5.32 Å². The summed E-state index contributed by atoms with van der Waals surface area (Å²) < 4.78 is 12.9. The second kappa shape index (κ2) is 5.79. The molecule has 94 valence electrons. The highest BCUT2D eigenvalue weighted by Crippen LogP contribution is 2.24. The first-order valence-electron chi connectivity index (χ1n) is 5.18. The van der Waals surface area contributed by atoms with Crippen LogP contribution in [0.5, 0.6) is 0 Å². The number of hydrogen-bond acceptors (Lipinski definition) is 1. The Labute approximate surface area is 119 Å². The summed E-state index contributed by atoms with van der Waals surface area (Å²) in [5.74, 6) is -0.352. The van der Waals surface area contributed by atoms with Crippen LogP contribution in [0, 0.1) is 5.82 Å². The molecule has 0 fully saturated rings. The maximum absolute atomic E-state index is 12.9. The smallest absolute Gasteiger partial charge is 0.124 e. The molecule has 1 nitrogen and oxygen atoms in total. The Bertz CT molecular complexity index is 552. The first kappa shape index (κ1) is 13.5. The Hall–Kier alpha value is -0.960. The molecule has 0 atom stereocenters. The fourth-order valence-corrected chi connectivity index (χ4v) is 2.28. The van der Waals surface area contributed by atoms with E-state index in [1.54, 1.807) is 24.3 Å². The molecule has 1 N–H and O–H groups in total. The molecule has 0 bridgehead atoms. The van der Waals surface area contributed by atoms with Crippen LogP contribution in [0.4, 0.5) is 10.1 Å². The minimum atomic E-state index is -0.352. The number of hydrogen-bond donors (Lipinski definition) is 1. The highest BCUT2D eigenvalue weighted by molar-refractivity contribution is 6.35. The molecule has 2 rings (SSSR count). The minimum absolute atomic E-state index is 0.352. The van der Waals surface area contributed by atoms with Crippen molar-refractivity contribution in [3.8, 4) is 0 Å². The first-order chi connectivity index (χ1) is 8.54. The van der Waals surface area contributed by atoms with Gasteiger partial charge in [-0.15, -0.1) is 0 Å². The standard InChI is InChI=1S/C13H9Cl3FN/c14-9-3-10(15)5-12(4-9)18-7-8-1-2-11(17)6-13(8)16/h1-6,18H,7H2. The Morgan fingerprint density at radius 3 is 2.22 bits per heavy atom. The molecule has 0 saturated heterocycles. The van der Waals surface area contributed by atoms with Crippen molar-refractivity contribution in [2.45, 2.75) is 6.54 Å². The Kier molecular flexibility index (Phi) is 4.33. The fraction of sp³-hybridized carbons (Fsp3) is 0.0769. The monoisotopic (exact) mass is 303 g/mol. The lowest BCUT2D eigenvalue weighted by Crippen LogP contribution is -2.00. The van der Waals surface area contributed by atoms with Crippen LogP contribution >= 0.6 is 34.8 Å². The van der Waals surface area contributed by atoms with Gasteiger partial charge in [-0.3, -0.25) is 0 Å². The zero-order chi connectivity index (χ0) is 13.1. The third-order valence-corrected chi connectivity index (χ3v) is 3.15. The van der Waals surface area contributed by atoms with Gasteiger partial charge >= 0.3 is 0 Å². The van der Waals surface area contributed by atoms with Gasteiger partial charge in [0.2, 0.25) is 0 Å². The molecule has 2 aromatic carbocycles. The van der Waals surface area contributed by atoms with Crippen LogP contribution in [-0.2, 0) is 6.54 Å². The van der Waals surface area contributed by atoms with Gasteiger partial charge in [0.25, 0.3) is 0 Å². The van der Waals surface area contributed by atoms with Gasteiger partial charge in [0, 0.05) is 27.3 Å². The van der Waals surface area contributed by atoms with Gasteiger partial charge < -0.3 is 5.32 Å². The number of rotatable bonds is 3. The molecule has 0 aromatic heterocycles. The number of nitrogens with one attached hydrogen (secondary N) is 1. The predicted octanol–water partition coefficient (Wildman–Crippen LogP) is 5.40. The van der Waals surface area contributed by atoms with Gasteiger partial charge in [0.05, 0.1) is 0 Å². The molecule has 0 aliphatic rings. The van der Waals surface area contributed by atoms with Gasteiger partial charge in [0.15, 0.2) is 0 Å². The molecule has 2 aromatic rings. The van der Waals surface area contributed by atoms with E-state index in [2.05, 4.69) is 5.32 Å². The van der Waals surface area contributed by atoms with E-state index in [-0.39, 0.29) is 5.82 Å². The van der Waals surface area contributed by atoms with Crippen molar-refractivity contribution >= 4 is 40.5 Å². The van der Waals surface area contributed by atoms with E-state index in [0.717, 1.165) is 11.3 Å².